The van der Waals surface area contributed by atoms with Crippen LogP contribution in [0.25, 0.3) is 11.3 Å². The largest absolute Gasteiger partial charge is 0.369 e. The standard InChI is InChI=1S/C25H32N6O2/c1-25(2,3)28-24(33)29-13-14-30-19(15-29)21(23(26)32)20(22(30)17-5-6-17)16-7-9-18(10-8-16)31-12-4-11-27-31/h4,7-12,17,19,21H,5-6,13-15H2,1-3H3,(H2,26,32)(H,28,33). The van der Waals surface area contributed by atoms with Crippen LogP contribution in [0.4, 0.5) is 4.79 Å². The third-order valence-corrected chi connectivity index (χ3v) is 6.69. The van der Waals surface area contributed by atoms with Crippen LogP contribution in [0, 0.1) is 11.8 Å². The van der Waals surface area contributed by atoms with Gasteiger partial charge in [-0.3, -0.25) is 4.79 Å². The van der Waals surface area contributed by atoms with E-state index in [1.54, 1.807) is 6.20 Å². The Morgan fingerprint density at radius 3 is 2.42 bits per heavy atom. The van der Waals surface area contributed by atoms with E-state index in [9.17, 15) is 9.59 Å². The maximum Gasteiger partial charge on any atom is 0.317 e. The van der Waals surface area contributed by atoms with Gasteiger partial charge in [0.05, 0.1) is 17.6 Å². The van der Waals surface area contributed by atoms with Crippen LogP contribution in [0.5, 0.6) is 0 Å². The molecule has 3 aliphatic rings. The second kappa shape index (κ2) is 7.93. The van der Waals surface area contributed by atoms with E-state index < -0.39 is 5.92 Å². The fourth-order valence-electron chi connectivity index (χ4n) is 5.17. The quantitative estimate of drug-likeness (QED) is 0.751. The Bertz CT molecular complexity index is 1080. The molecule has 33 heavy (non-hydrogen) atoms. The highest BCUT2D eigenvalue weighted by molar-refractivity contribution is 5.94. The van der Waals surface area contributed by atoms with Gasteiger partial charge in [-0.25, -0.2) is 9.48 Å². The fraction of sp³-hybridized carbons (Fsp3) is 0.480. The molecule has 8 heteroatoms. The van der Waals surface area contributed by atoms with Gasteiger partial charge in [0.2, 0.25) is 5.91 Å². The maximum absolute atomic E-state index is 12.9. The highest BCUT2D eigenvalue weighted by Crippen LogP contribution is 2.51. The summed E-state index contributed by atoms with van der Waals surface area (Å²) in [5, 5.41) is 7.35. The molecule has 8 nitrogen and oxygen atoms in total. The number of nitrogens with two attached hydrogens (primary N) is 1. The number of primary amides is 1. The average Bonchev–Trinajstić information content (AvgIpc) is 3.32. The van der Waals surface area contributed by atoms with E-state index in [0.29, 0.717) is 25.6 Å². The Kier molecular flexibility index (Phi) is 5.18. The maximum atomic E-state index is 12.9. The first-order chi connectivity index (χ1) is 15.7. The van der Waals surface area contributed by atoms with E-state index in [1.165, 1.54) is 5.70 Å². The van der Waals surface area contributed by atoms with Crippen molar-refractivity contribution in [3.05, 3.63) is 54.0 Å². The number of aromatic nitrogens is 2. The van der Waals surface area contributed by atoms with Crippen LogP contribution in [0.3, 0.4) is 0 Å². The minimum atomic E-state index is -0.443. The predicted molar refractivity (Wildman–Crippen MR) is 126 cm³/mol. The van der Waals surface area contributed by atoms with Gasteiger partial charge in [0.25, 0.3) is 0 Å². The minimum absolute atomic E-state index is 0.0876. The molecule has 0 radical (unpaired) electrons. The Labute approximate surface area is 194 Å². The Balaban J connectivity index is 1.47. The molecule has 3 amide bonds. The Morgan fingerprint density at radius 1 is 1.12 bits per heavy atom. The molecule has 3 N–H and O–H groups in total. The second-order valence-electron chi connectivity index (χ2n) is 10.3. The lowest BCUT2D eigenvalue weighted by atomic mass is 9.87. The summed E-state index contributed by atoms with van der Waals surface area (Å²) < 4.78 is 1.81. The van der Waals surface area contributed by atoms with Crippen molar-refractivity contribution in [3.63, 3.8) is 0 Å². The number of nitrogens with zero attached hydrogens (tertiary/aromatic N) is 4. The van der Waals surface area contributed by atoms with E-state index >= 15 is 0 Å². The predicted octanol–water partition coefficient (Wildman–Crippen LogP) is 2.60. The highest BCUT2D eigenvalue weighted by Gasteiger charge is 2.50. The van der Waals surface area contributed by atoms with Gasteiger partial charge >= 0.3 is 6.03 Å². The molecule has 174 valence electrons. The number of nitrogens with one attached hydrogen (secondary N) is 1. The van der Waals surface area contributed by atoms with Crippen molar-refractivity contribution in [1.82, 2.24) is 24.9 Å². The molecule has 2 aromatic rings. The molecule has 1 aliphatic carbocycles. The zero-order valence-corrected chi connectivity index (χ0v) is 19.5. The van der Waals surface area contributed by atoms with Gasteiger partial charge in [-0.15, -0.1) is 0 Å². The van der Waals surface area contributed by atoms with E-state index in [4.69, 9.17) is 5.73 Å². The second-order valence-corrected chi connectivity index (χ2v) is 10.3. The van der Waals surface area contributed by atoms with Crippen LogP contribution in [-0.4, -0.2) is 62.7 Å². The summed E-state index contributed by atoms with van der Waals surface area (Å²) >= 11 is 0. The van der Waals surface area contributed by atoms with Crippen molar-refractivity contribution in [2.24, 2.45) is 17.6 Å². The minimum Gasteiger partial charge on any atom is -0.369 e. The third-order valence-electron chi connectivity index (χ3n) is 6.69. The van der Waals surface area contributed by atoms with Crippen LogP contribution in [0.2, 0.25) is 0 Å². The first kappa shape index (κ1) is 21.6. The number of carbonyl (C=O) groups excluding carboxylic acids is 2. The van der Waals surface area contributed by atoms with Gasteiger partial charge in [-0.05, 0) is 68.9 Å². The fourth-order valence-corrected chi connectivity index (χ4v) is 5.17. The lowest BCUT2D eigenvalue weighted by Crippen LogP contribution is -2.59. The summed E-state index contributed by atoms with van der Waals surface area (Å²) in [6.45, 7) is 7.75. The smallest absolute Gasteiger partial charge is 0.317 e. The SMILES string of the molecule is CC(C)(C)NC(=O)N1CCN2C(C3CC3)=C(c3ccc(-n4cccn4)cc3)C(C(N)=O)C2C1. The van der Waals surface area contributed by atoms with Crippen LogP contribution in [-0.2, 0) is 4.79 Å². The zero-order chi connectivity index (χ0) is 23.3. The molecule has 3 heterocycles. The molecular weight excluding hydrogens is 416 g/mol. The molecule has 2 unspecified atom stereocenters. The molecule has 0 spiro atoms. The van der Waals surface area contributed by atoms with E-state index in [0.717, 1.165) is 29.7 Å². The Hall–Kier alpha value is -3.29. The molecule has 1 aromatic heterocycles. The number of carbonyl (C=O) groups is 2. The van der Waals surface area contributed by atoms with Crippen molar-refractivity contribution in [2.45, 2.75) is 45.2 Å². The number of allylic oxidation sites excluding steroid dienone is 1. The molecule has 1 aromatic carbocycles. The summed E-state index contributed by atoms with van der Waals surface area (Å²) in [5.41, 5.74) is 9.99. The van der Waals surface area contributed by atoms with Crippen molar-refractivity contribution in [2.75, 3.05) is 19.6 Å². The molecule has 2 atom stereocenters. The van der Waals surface area contributed by atoms with E-state index in [1.807, 2.05) is 54.7 Å². The molecule has 0 bridgehead atoms. The average molecular weight is 449 g/mol. The van der Waals surface area contributed by atoms with Crippen LogP contribution in [0.1, 0.15) is 39.2 Å². The van der Waals surface area contributed by atoms with Crippen molar-refractivity contribution in [1.29, 1.82) is 0 Å². The van der Waals surface area contributed by atoms with Gasteiger partial charge in [0, 0.05) is 43.3 Å². The van der Waals surface area contributed by atoms with E-state index in [-0.39, 0.29) is 23.5 Å². The highest BCUT2D eigenvalue weighted by atomic mass is 16.2. The molecule has 1 saturated heterocycles. The lowest BCUT2D eigenvalue weighted by Gasteiger charge is -2.42. The number of amides is 3. The lowest BCUT2D eigenvalue weighted by molar-refractivity contribution is -0.121. The monoisotopic (exact) mass is 448 g/mol. The number of rotatable bonds is 4. The summed E-state index contributed by atoms with van der Waals surface area (Å²) in [5.74, 6) is -0.307. The number of urea groups is 1. The van der Waals surface area contributed by atoms with Gasteiger partial charge < -0.3 is 20.9 Å². The first-order valence-corrected chi connectivity index (χ1v) is 11.7. The third kappa shape index (κ3) is 4.10. The summed E-state index contributed by atoms with van der Waals surface area (Å²) in [4.78, 5) is 29.9. The van der Waals surface area contributed by atoms with Crippen molar-refractivity contribution < 1.29 is 9.59 Å². The normalized spacial score (nSPS) is 23.0. The van der Waals surface area contributed by atoms with Gasteiger partial charge in [0.1, 0.15) is 0 Å². The molecular formula is C25H32N6O2. The van der Waals surface area contributed by atoms with Crippen LogP contribution >= 0.6 is 0 Å². The molecule has 2 fully saturated rings. The number of hydrogen-bond donors (Lipinski definition) is 2. The summed E-state index contributed by atoms with van der Waals surface area (Å²) in [6, 6.07) is 9.85. The number of fused-ring (bicyclic) bond motifs is 1. The molecule has 1 saturated carbocycles. The molecule has 5 rings (SSSR count). The first-order valence-electron chi connectivity index (χ1n) is 11.7. The van der Waals surface area contributed by atoms with Crippen molar-refractivity contribution >= 4 is 17.5 Å². The van der Waals surface area contributed by atoms with Crippen molar-refractivity contribution in [3.8, 4) is 5.69 Å². The van der Waals surface area contributed by atoms with E-state index in [2.05, 4.69) is 27.4 Å². The van der Waals surface area contributed by atoms with Gasteiger partial charge in [-0.1, -0.05) is 12.1 Å². The molecule has 2 aliphatic heterocycles. The van der Waals surface area contributed by atoms with Gasteiger partial charge in [-0.2, -0.15) is 5.10 Å². The van der Waals surface area contributed by atoms with Gasteiger partial charge in [0.15, 0.2) is 0 Å². The summed E-state index contributed by atoms with van der Waals surface area (Å²) in [7, 11) is 0. The number of piperazine rings is 1. The Morgan fingerprint density at radius 2 is 1.85 bits per heavy atom. The summed E-state index contributed by atoms with van der Waals surface area (Å²) in [6.07, 6.45) is 5.92. The van der Waals surface area contributed by atoms with Crippen LogP contribution in [0.15, 0.2) is 48.4 Å². The number of hydrogen-bond acceptors (Lipinski definition) is 4. The zero-order valence-electron chi connectivity index (χ0n) is 19.5. The topological polar surface area (TPSA) is 96.5 Å². The van der Waals surface area contributed by atoms with Crippen LogP contribution < -0.4 is 11.1 Å². The number of benzene rings is 1.